The fourth-order valence-corrected chi connectivity index (χ4v) is 3.14. The Kier molecular flexibility index (Phi) is 5.48. The first-order valence-electron chi connectivity index (χ1n) is 6.35. The third-order valence-electron chi connectivity index (χ3n) is 2.92. The molecule has 7 heteroatoms. The number of amides is 1. The third kappa shape index (κ3) is 3.62. The molecule has 1 atom stereocenters. The zero-order valence-electron chi connectivity index (χ0n) is 11.3. The molecule has 1 N–H and O–H groups in total. The maximum Gasteiger partial charge on any atom is 0.266 e. The largest absolute Gasteiger partial charge is 0.548 e. The number of thiocarbonyl (C=S) groups is 1. The molecule has 1 fully saturated rings. The summed E-state index contributed by atoms with van der Waals surface area (Å²) in [5.41, 5.74) is 0.970. The lowest BCUT2D eigenvalue weighted by Gasteiger charge is -2.25. The number of allylic oxidation sites excluding steroid dienone is 2. The molecule has 0 bridgehead atoms. The Morgan fingerprint density at radius 3 is 2.68 bits per heavy atom. The van der Waals surface area contributed by atoms with E-state index in [1.165, 1.54) is 0 Å². The molecule has 2 rings (SSSR count). The molecule has 0 spiro atoms. The van der Waals surface area contributed by atoms with Gasteiger partial charge in [0.1, 0.15) is 10.4 Å². The molecule has 1 aliphatic rings. The summed E-state index contributed by atoms with van der Waals surface area (Å²) in [4.78, 5) is 24.3. The predicted octanol–water partition coefficient (Wildman–Crippen LogP) is 0.555. The minimum Gasteiger partial charge on any atom is -0.548 e. The Morgan fingerprint density at radius 2 is 2.09 bits per heavy atom. The van der Waals surface area contributed by atoms with Crippen molar-refractivity contribution in [3.05, 3.63) is 53.0 Å². The van der Waals surface area contributed by atoms with Crippen molar-refractivity contribution in [3.63, 3.8) is 0 Å². The molecule has 1 aromatic carbocycles. The van der Waals surface area contributed by atoms with E-state index in [9.17, 15) is 14.7 Å². The molecule has 5 nitrogen and oxygen atoms in total. The van der Waals surface area contributed by atoms with E-state index in [1.807, 2.05) is 36.4 Å². The van der Waals surface area contributed by atoms with Crippen LogP contribution in [0, 0.1) is 0 Å². The van der Waals surface area contributed by atoms with Gasteiger partial charge in [0.15, 0.2) is 0 Å². The molecule has 114 valence electrons. The quantitative estimate of drug-likeness (QED) is 0.626. The van der Waals surface area contributed by atoms with Crippen molar-refractivity contribution in [3.8, 4) is 0 Å². The summed E-state index contributed by atoms with van der Waals surface area (Å²) in [5.74, 6) is -2.09. The lowest BCUT2D eigenvalue weighted by Crippen LogP contribution is -2.51. The Morgan fingerprint density at radius 1 is 1.41 bits per heavy atom. The van der Waals surface area contributed by atoms with Crippen LogP contribution in [0.15, 0.2) is 47.4 Å². The first kappa shape index (κ1) is 16.4. The number of thioether (sulfide) groups is 1. The van der Waals surface area contributed by atoms with Crippen molar-refractivity contribution < 1.29 is 19.8 Å². The number of aliphatic carboxylic acids is 1. The molecule has 1 heterocycles. The number of carboxylic acids is 1. The van der Waals surface area contributed by atoms with Gasteiger partial charge in [-0.2, -0.15) is 0 Å². The van der Waals surface area contributed by atoms with Crippen LogP contribution in [0.4, 0.5) is 0 Å². The Labute approximate surface area is 136 Å². The van der Waals surface area contributed by atoms with Gasteiger partial charge in [-0.3, -0.25) is 9.69 Å². The van der Waals surface area contributed by atoms with Gasteiger partial charge in [0.2, 0.25) is 0 Å². The minimum atomic E-state index is -1.54. The Balaban J connectivity index is 2.16. The Hall–Kier alpha value is -1.96. The highest BCUT2D eigenvalue weighted by Gasteiger charge is 2.37. The minimum absolute atomic E-state index is 0.0904. The Bertz CT molecular complexity index is 655. The molecule has 1 aliphatic heterocycles. The average molecular weight is 334 g/mol. The molecule has 0 aliphatic carbocycles. The van der Waals surface area contributed by atoms with Crippen LogP contribution in [0.1, 0.15) is 5.56 Å². The zero-order chi connectivity index (χ0) is 16.1. The SMILES string of the molecule is O=C([O-])[C@@H](CO)N1C(=O)/C(=C/C=C/c2ccccc2)SC1=S. The van der Waals surface area contributed by atoms with Gasteiger partial charge in [0.05, 0.1) is 17.5 Å². The molecule has 22 heavy (non-hydrogen) atoms. The molecule has 0 saturated carbocycles. The van der Waals surface area contributed by atoms with Crippen LogP contribution in [-0.2, 0) is 9.59 Å². The van der Waals surface area contributed by atoms with Crippen LogP contribution < -0.4 is 5.11 Å². The van der Waals surface area contributed by atoms with E-state index in [1.54, 1.807) is 12.2 Å². The highest BCUT2D eigenvalue weighted by atomic mass is 32.2. The number of hydrogen-bond acceptors (Lipinski definition) is 6. The topological polar surface area (TPSA) is 80.7 Å². The summed E-state index contributed by atoms with van der Waals surface area (Å²) in [6.07, 6.45) is 5.07. The molecule has 1 aromatic rings. The number of carbonyl (C=O) groups excluding carboxylic acids is 2. The number of carbonyl (C=O) groups is 2. The second-order valence-electron chi connectivity index (χ2n) is 4.36. The van der Waals surface area contributed by atoms with Gasteiger partial charge in [-0.25, -0.2) is 0 Å². The van der Waals surface area contributed by atoms with E-state index >= 15 is 0 Å². The molecule has 0 radical (unpaired) electrons. The van der Waals surface area contributed by atoms with E-state index in [-0.39, 0.29) is 4.32 Å². The van der Waals surface area contributed by atoms with Crippen molar-refractivity contribution in [2.24, 2.45) is 0 Å². The molecular weight excluding hydrogens is 322 g/mol. The van der Waals surface area contributed by atoms with Crippen LogP contribution in [0.3, 0.4) is 0 Å². The van der Waals surface area contributed by atoms with Gasteiger partial charge < -0.3 is 15.0 Å². The molecule has 1 amide bonds. The van der Waals surface area contributed by atoms with Gasteiger partial charge in [-0.15, -0.1) is 0 Å². The summed E-state index contributed by atoms with van der Waals surface area (Å²) in [7, 11) is 0. The fraction of sp³-hybridized carbons (Fsp3) is 0.133. The van der Waals surface area contributed by atoms with Crippen LogP contribution in [0.25, 0.3) is 6.08 Å². The van der Waals surface area contributed by atoms with Gasteiger partial charge in [0, 0.05) is 0 Å². The first-order chi connectivity index (χ1) is 10.5. The highest BCUT2D eigenvalue weighted by molar-refractivity contribution is 8.26. The van der Waals surface area contributed by atoms with Crippen LogP contribution >= 0.6 is 24.0 Å². The van der Waals surface area contributed by atoms with Crippen molar-refractivity contribution in [2.75, 3.05) is 6.61 Å². The normalized spacial score (nSPS) is 18.4. The second kappa shape index (κ2) is 7.35. The molecular formula is C15H12NO4S2-. The zero-order valence-corrected chi connectivity index (χ0v) is 13.0. The molecule has 1 saturated heterocycles. The van der Waals surface area contributed by atoms with E-state index in [0.717, 1.165) is 22.2 Å². The number of hydrogen-bond donors (Lipinski definition) is 1. The standard InChI is InChI=1S/C15H13NO4S2/c17-9-11(14(19)20)16-13(18)12(22-15(16)21)8-4-7-10-5-2-1-3-6-10/h1-8,11,17H,9H2,(H,19,20)/p-1/b7-4+,12-8-/t11-/m1/s1. The maximum absolute atomic E-state index is 12.2. The first-order valence-corrected chi connectivity index (χ1v) is 7.57. The summed E-state index contributed by atoms with van der Waals surface area (Å²) in [6.45, 7) is -0.748. The van der Waals surface area contributed by atoms with Crippen molar-refractivity contribution in [1.29, 1.82) is 0 Å². The third-order valence-corrected chi connectivity index (χ3v) is 4.26. The van der Waals surface area contributed by atoms with E-state index in [2.05, 4.69) is 0 Å². The number of aliphatic hydroxyl groups excluding tert-OH is 1. The maximum atomic E-state index is 12.2. The van der Waals surface area contributed by atoms with Crippen LogP contribution in [0.2, 0.25) is 0 Å². The van der Waals surface area contributed by atoms with Crippen LogP contribution in [-0.4, -0.2) is 38.9 Å². The second-order valence-corrected chi connectivity index (χ2v) is 6.04. The highest BCUT2D eigenvalue weighted by Crippen LogP contribution is 2.32. The summed E-state index contributed by atoms with van der Waals surface area (Å²) in [5, 5.41) is 20.0. The lowest BCUT2D eigenvalue weighted by atomic mass is 10.2. The van der Waals surface area contributed by atoms with Gasteiger partial charge in [-0.05, 0) is 11.6 Å². The van der Waals surface area contributed by atoms with E-state index in [4.69, 9.17) is 17.3 Å². The van der Waals surface area contributed by atoms with Crippen molar-refractivity contribution in [1.82, 2.24) is 4.90 Å². The molecule has 0 aromatic heterocycles. The summed E-state index contributed by atoms with van der Waals surface area (Å²) >= 11 is 5.99. The summed E-state index contributed by atoms with van der Waals surface area (Å²) < 4.78 is 0.0904. The van der Waals surface area contributed by atoms with Gasteiger partial charge in [-0.1, -0.05) is 66.5 Å². The number of rotatable bonds is 5. The number of aliphatic hydroxyl groups is 1. The van der Waals surface area contributed by atoms with E-state index < -0.39 is 24.5 Å². The molecule has 0 unspecified atom stereocenters. The monoisotopic (exact) mass is 334 g/mol. The van der Waals surface area contributed by atoms with Gasteiger partial charge in [0.25, 0.3) is 5.91 Å². The van der Waals surface area contributed by atoms with Crippen LogP contribution in [0.5, 0.6) is 0 Å². The summed E-state index contributed by atoms with van der Waals surface area (Å²) in [6, 6.07) is 8.05. The number of benzene rings is 1. The average Bonchev–Trinajstić information content (AvgIpc) is 2.77. The van der Waals surface area contributed by atoms with Gasteiger partial charge >= 0.3 is 0 Å². The number of nitrogens with zero attached hydrogens (tertiary/aromatic N) is 1. The van der Waals surface area contributed by atoms with E-state index in [0.29, 0.717) is 4.91 Å². The fourth-order valence-electron chi connectivity index (χ4n) is 1.83. The predicted molar refractivity (Wildman–Crippen MR) is 86.5 cm³/mol. The lowest BCUT2D eigenvalue weighted by molar-refractivity contribution is -0.311. The van der Waals surface area contributed by atoms with Crippen molar-refractivity contribution in [2.45, 2.75) is 6.04 Å². The number of carboxylic acid groups (broad SMARTS) is 1. The van der Waals surface area contributed by atoms with Crippen molar-refractivity contribution >= 4 is 46.3 Å². The smallest absolute Gasteiger partial charge is 0.266 e.